The fraction of sp³-hybridized carbons (Fsp3) is 0.182. The van der Waals surface area contributed by atoms with Crippen molar-refractivity contribution in [3.8, 4) is 0 Å². The van der Waals surface area contributed by atoms with Gasteiger partial charge in [-0.2, -0.15) is 0 Å². The molecular formula is C11H8ClN3OS2. The largest absolute Gasteiger partial charge is 0.304 e. The van der Waals surface area contributed by atoms with Crippen LogP contribution in [0.3, 0.4) is 0 Å². The average molecular weight is 298 g/mol. The van der Waals surface area contributed by atoms with E-state index >= 15 is 0 Å². The van der Waals surface area contributed by atoms with Gasteiger partial charge in [-0.15, -0.1) is 22.0 Å². The zero-order chi connectivity index (χ0) is 12.5. The Morgan fingerprint density at radius 2 is 2.17 bits per heavy atom. The molecule has 0 atom stereocenters. The van der Waals surface area contributed by atoms with Crippen molar-refractivity contribution in [3.63, 3.8) is 0 Å². The lowest BCUT2D eigenvalue weighted by Gasteiger charge is -2.27. The third-order valence-electron chi connectivity index (χ3n) is 2.56. The van der Waals surface area contributed by atoms with Gasteiger partial charge in [0, 0.05) is 17.2 Å². The van der Waals surface area contributed by atoms with E-state index in [0.717, 1.165) is 27.7 Å². The molecule has 4 nitrogen and oxygen atoms in total. The molecule has 0 fully saturated rings. The smallest absolute Gasteiger partial charge is 0.289 e. The highest BCUT2D eigenvalue weighted by atomic mass is 35.5. The summed E-state index contributed by atoms with van der Waals surface area (Å²) >= 11 is 8.58. The summed E-state index contributed by atoms with van der Waals surface area (Å²) in [5.74, 6) is 0.752. The second-order valence-electron chi connectivity index (χ2n) is 3.63. The molecule has 92 valence electrons. The molecule has 0 saturated carbocycles. The Hall–Kier alpha value is -1.11. The summed E-state index contributed by atoms with van der Waals surface area (Å²) in [5, 5.41) is 7.81. The van der Waals surface area contributed by atoms with Gasteiger partial charge in [0.1, 0.15) is 0 Å². The van der Waals surface area contributed by atoms with Crippen LogP contribution in [0.25, 0.3) is 0 Å². The van der Waals surface area contributed by atoms with E-state index in [1.54, 1.807) is 16.7 Å². The Balaban J connectivity index is 1.96. The minimum absolute atomic E-state index is 0.132. The number of halogens is 1. The lowest BCUT2D eigenvalue weighted by Crippen LogP contribution is -2.35. The van der Waals surface area contributed by atoms with Crippen LogP contribution >= 0.6 is 34.7 Å². The molecule has 0 saturated heterocycles. The average Bonchev–Trinajstić information content (AvgIpc) is 2.84. The zero-order valence-electron chi connectivity index (χ0n) is 9.17. The molecule has 0 unspecified atom stereocenters. The quantitative estimate of drug-likeness (QED) is 0.812. The maximum absolute atomic E-state index is 12.3. The number of aromatic nitrogens is 2. The number of amides is 1. The SMILES string of the molecule is O=C(c1nnc(Cl)s1)N1CCSc2ccccc21. The molecule has 2 heterocycles. The summed E-state index contributed by atoms with van der Waals surface area (Å²) < 4.78 is 0.290. The van der Waals surface area contributed by atoms with Gasteiger partial charge in [0.15, 0.2) is 0 Å². The van der Waals surface area contributed by atoms with Crippen molar-refractivity contribution in [3.05, 3.63) is 33.7 Å². The van der Waals surface area contributed by atoms with Crippen molar-refractivity contribution < 1.29 is 4.79 Å². The maximum Gasteiger partial charge on any atom is 0.289 e. The van der Waals surface area contributed by atoms with Gasteiger partial charge in [0.05, 0.1) is 5.69 Å². The number of thioether (sulfide) groups is 1. The summed E-state index contributed by atoms with van der Waals surface area (Å²) in [6.45, 7) is 0.678. The first kappa shape index (κ1) is 12.0. The Morgan fingerprint density at radius 1 is 1.33 bits per heavy atom. The third-order valence-corrected chi connectivity index (χ3v) is 4.61. The predicted molar refractivity (Wildman–Crippen MR) is 73.8 cm³/mol. The number of hydrogen-bond donors (Lipinski definition) is 0. The molecule has 1 aromatic carbocycles. The number of anilines is 1. The second kappa shape index (κ2) is 4.87. The standard InChI is InChI=1S/C11H8ClN3OS2/c12-11-14-13-9(18-11)10(16)15-5-6-17-8-4-2-1-3-7(8)15/h1-4H,5-6H2. The molecule has 0 radical (unpaired) electrons. The number of nitrogens with zero attached hydrogens (tertiary/aromatic N) is 3. The Morgan fingerprint density at radius 3 is 2.94 bits per heavy atom. The van der Waals surface area contributed by atoms with Crippen LogP contribution in [0.2, 0.25) is 4.47 Å². The second-order valence-corrected chi connectivity index (χ2v) is 6.33. The summed E-state index contributed by atoms with van der Waals surface area (Å²) in [4.78, 5) is 15.2. The zero-order valence-corrected chi connectivity index (χ0v) is 11.6. The summed E-state index contributed by atoms with van der Waals surface area (Å²) in [6, 6.07) is 7.87. The Bertz CT molecular complexity index is 601. The monoisotopic (exact) mass is 297 g/mol. The van der Waals surface area contributed by atoms with Gasteiger partial charge >= 0.3 is 0 Å². The lowest BCUT2D eigenvalue weighted by atomic mass is 10.2. The van der Waals surface area contributed by atoms with Crippen molar-refractivity contribution >= 4 is 46.3 Å². The van der Waals surface area contributed by atoms with Crippen LogP contribution < -0.4 is 4.90 Å². The number of carbonyl (C=O) groups is 1. The summed E-state index contributed by atoms with van der Waals surface area (Å²) in [6.07, 6.45) is 0. The van der Waals surface area contributed by atoms with Crippen LogP contribution in [0, 0.1) is 0 Å². The van der Waals surface area contributed by atoms with Crippen molar-refractivity contribution in [2.75, 3.05) is 17.2 Å². The van der Waals surface area contributed by atoms with E-state index in [0.29, 0.717) is 11.6 Å². The molecule has 0 N–H and O–H groups in total. The van der Waals surface area contributed by atoms with Gasteiger partial charge < -0.3 is 4.90 Å². The number of para-hydroxylation sites is 1. The highest BCUT2D eigenvalue weighted by Gasteiger charge is 2.26. The van der Waals surface area contributed by atoms with E-state index in [-0.39, 0.29) is 10.4 Å². The molecule has 1 aliphatic rings. The molecule has 2 aromatic rings. The molecule has 7 heteroatoms. The molecule has 1 aliphatic heterocycles. The first-order chi connectivity index (χ1) is 8.75. The van der Waals surface area contributed by atoms with E-state index in [4.69, 9.17) is 11.6 Å². The van der Waals surface area contributed by atoms with Crippen LogP contribution in [-0.4, -0.2) is 28.4 Å². The maximum atomic E-state index is 12.3. The first-order valence-electron chi connectivity index (χ1n) is 5.28. The van der Waals surface area contributed by atoms with E-state index in [1.165, 1.54) is 0 Å². The fourth-order valence-corrected chi connectivity index (χ4v) is 3.56. The van der Waals surface area contributed by atoms with Crippen LogP contribution in [0.5, 0.6) is 0 Å². The summed E-state index contributed by atoms with van der Waals surface area (Å²) in [5.41, 5.74) is 0.935. The minimum Gasteiger partial charge on any atom is -0.304 e. The van der Waals surface area contributed by atoms with Crippen LogP contribution in [0.15, 0.2) is 29.2 Å². The fourth-order valence-electron chi connectivity index (χ4n) is 1.79. The minimum atomic E-state index is -0.132. The third kappa shape index (κ3) is 2.11. The van der Waals surface area contributed by atoms with Gasteiger partial charge in [-0.05, 0) is 23.7 Å². The van der Waals surface area contributed by atoms with Crippen molar-refractivity contribution in [1.29, 1.82) is 0 Å². The molecule has 0 aliphatic carbocycles. The topological polar surface area (TPSA) is 46.1 Å². The van der Waals surface area contributed by atoms with Gasteiger partial charge in [0.2, 0.25) is 9.47 Å². The molecule has 18 heavy (non-hydrogen) atoms. The van der Waals surface area contributed by atoms with Gasteiger partial charge in [0.25, 0.3) is 5.91 Å². The van der Waals surface area contributed by atoms with Crippen LogP contribution in [0.1, 0.15) is 9.80 Å². The molecular weight excluding hydrogens is 290 g/mol. The molecule has 1 amide bonds. The first-order valence-corrected chi connectivity index (χ1v) is 7.46. The van der Waals surface area contributed by atoms with Gasteiger partial charge in [-0.1, -0.05) is 23.5 Å². The van der Waals surface area contributed by atoms with E-state index < -0.39 is 0 Å². The lowest BCUT2D eigenvalue weighted by molar-refractivity contribution is 0.0986. The van der Waals surface area contributed by atoms with Gasteiger partial charge in [-0.25, -0.2) is 0 Å². The number of fused-ring (bicyclic) bond motifs is 1. The van der Waals surface area contributed by atoms with Gasteiger partial charge in [-0.3, -0.25) is 4.79 Å². The normalized spacial score (nSPS) is 14.4. The van der Waals surface area contributed by atoms with Crippen molar-refractivity contribution in [2.45, 2.75) is 4.90 Å². The van der Waals surface area contributed by atoms with Crippen molar-refractivity contribution in [1.82, 2.24) is 10.2 Å². The van der Waals surface area contributed by atoms with E-state index in [9.17, 15) is 4.79 Å². The molecule has 3 rings (SSSR count). The van der Waals surface area contributed by atoms with E-state index in [2.05, 4.69) is 10.2 Å². The Labute approximate surface area is 117 Å². The number of hydrogen-bond acceptors (Lipinski definition) is 5. The predicted octanol–water partition coefficient (Wildman–Crippen LogP) is 2.94. The van der Waals surface area contributed by atoms with E-state index in [1.807, 2.05) is 24.3 Å². The summed E-state index contributed by atoms with van der Waals surface area (Å²) in [7, 11) is 0. The molecule has 1 aromatic heterocycles. The number of benzene rings is 1. The van der Waals surface area contributed by atoms with Crippen molar-refractivity contribution in [2.24, 2.45) is 0 Å². The van der Waals surface area contributed by atoms with Crippen LogP contribution in [0.4, 0.5) is 5.69 Å². The van der Waals surface area contributed by atoms with Crippen LogP contribution in [-0.2, 0) is 0 Å². The number of carbonyl (C=O) groups excluding carboxylic acids is 1. The molecule has 0 spiro atoms. The highest BCUT2D eigenvalue weighted by Crippen LogP contribution is 2.35. The Kier molecular flexibility index (Phi) is 3.23. The number of rotatable bonds is 1. The molecule has 0 bridgehead atoms. The highest BCUT2D eigenvalue weighted by molar-refractivity contribution is 7.99.